The van der Waals surface area contributed by atoms with Crippen molar-refractivity contribution in [2.75, 3.05) is 33.7 Å². The summed E-state index contributed by atoms with van der Waals surface area (Å²) in [7, 11) is 4.23. The molecule has 2 aliphatic heterocycles. The van der Waals surface area contributed by atoms with Gasteiger partial charge in [0, 0.05) is 37.9 Å². The van der Waals surface area contributed by atoms with Crippen molar-refractivity contribution in [3.8, 4) is 0 Å². The zero-order chi connectivity index (χ0) is 21.2. The van der Waals surface area contributed by atoms with E-state index in [0.29, 0.717) is 0 Å². The number of pyridine rings is 2. The first kappa shape index (κ1) is 18.7. The van der Waals surface area contributed by atoms with Gasteiger partial charge in [-0.05, 0) is 75.2 Å². The van der Waals surface area contributed by atoms with Crippen LogP contribution in [0, 0.1) is 13.8 Å². The lowest BCUT2D eigenvalue weighted by Crippen LogP contribution is -2.37. The number of anilines is 6. The van der Waals surface area contributed by atoms with Gasteiger partial charge in [0.2, 0.25) is 0 Å². The number of benzene rings is 1. The van der Waals surface area contributed by atoms with Gasteiger partial charge >= 0.3 is 0 Å². The molecule has 0 N–H and O–H groups in total. The van der Waals surface area contributed by atoms with Crippen LogP contribution in [-0.4, -0.2) is 36.4 Å². The molecule has 30 heavy (non-hydrogen) atoms. The zero-order valence-electron chi connectivity index (χ0n) is 18.5. The van der Waals surface area contributed by atoms with Crippen LogP contribution in [-0.2, 0) is 0 Å². The van der Waals surface area contributed by atoms with Gasteiger partial charge in [0.25, 0.3) is 0 Å². The minimum atomic E-state index is 0.191. The van der Waals surface area contributed by atoms with Gasteiger partial charge in [-0.2, -0.15) is 0 Å². The quantitative estimate of drug-likeness (QED) is 0.605. The van der Waals surface area contributed by atoms with Crippen LogP contribution in [0.5, 0.6) is 0 Å². The maximum Gasteiger partial charge on any atom is 0.153 e. The summed E-state index contributed by atoms with van der Waals surface area (Å²) in [6, 6.07) is 12.9. The van der Waals surface area contributed by atoms with E-state index < -0.39 is 0 Å². The summed E-state index contributed by atoms with van der Waals surface area (Å²) in [6.07, 6.45) is 4.11. The second kappa shape index (κ2) is 6.62. The number of fused-ring (bicyclic) bond motifs is 2. The first-order valence-corrected chi connectivity index (χ1v) is 10.5. The normalized spacial score (nSPS) is 20.1. The smallest absolute Gasteiger partial charge is 0.153 e. The van der Waals surface area contributed by atoms with Crippen molar-refractivity contribution in [3.05, 3.63) is 59.9 Å². The Labute approximate surface area is 178 Å². The predicted molar refractivity (Wildman–Crippen MR) is 124 cm³/mol. The van der Waals surface area contributed by atoms with E-state index in [-0.39, 0.29) is 12.3 Å². The summed E-state index contributed by atoms with van der Waals surface area (Å²) in [4.78, 5) is 18.5. The summed E-state index contributed by atoms with van der Waals surface area (Å²) in [6.45, 7) is 8.87. The molecule has 0 saturated carbocycles. The van der Waals surface area contributed by atoms with Crippen molar-refractivity contribution in [3.63, 3.8) is 0 Å². The fourth-order valence-electron chi connectivity index (χ4n) is 4.78. The zero-order valence-corrected chi connectivity index (χ0v) is 18.5. The van der Waals surface area contributed by atoms with Gasteiger partial charge in [0.15, 0.2) is 11.6 Å². The highest BCUT2D eigenvalue weighted by Crippen LogP contribution is 2.48. The molecule has 2 aromatic heterocycles. The van der Waals surface area contributed by atoms with Crippen molar-refractivity contribution in [1.82, 2.24) is 9.97 Å². The van der Waals surface area contributed by atoms with Crippen molar-refractivity contribution in [2.45, 2.75) is 40.0 Å². The Morgan fingerprint density at radius 3 is 1.57 bits per heavy atom. The molecule has 2 aliphatic rings. The molecule has 5 rings (SSSR count). The molecule has 6 heteroatoms. The Hall–Kier alpha value is -3.28. The third-order valence-corrected chi connectivity index (χ3v) is 6.60. The Bertz CT molecular complexity index is 1040. The molecular weight excluding hydrogens is 372 g/mol. The number of aromatic nitrogens is 2. The van der Waals surface area contributed by atoms with E-state index in [1.807, 2.05) is 24.5 Å². The topological polar surface area (TPSA) is 38.7 Å². The fraction of sp³-hybridized carbons (Fsp3) is 0.333. The van der Waals surface area contributed by atoms with Crippen LogP contribution in [0.4, 0.5) is 34.4 Å². The lowest BCUT2D eigenvalue weighted by molar-refractivity contribution is 0.720. The van der Waals surface area contributed by atoms with Crippen LogP contribution in [0.15, 0.2) is 48.8 Å². The Morgan fingerprint density at radius 1 is 0.700 bits per heavy atom. The van der Waals surface area contributed by atoms with Crippen LogP contribution in [0.1, 0.15) is 25.0 Å². The number of hydrogen-bond acceptors (Lipinski definition) is 6. The van der Waals surface area contributed by atoms with Gasteiger partial charge in [-0.1, -0.05) is 0 Å². The molecular formula is C24H28N6. The average Bonchev–Trinajstić information content (AvgIpc) is 3.15. The lowest BCUT2D eigenvalue weighted by Gasteiger charge is -2.33. The van der Waals surface area contributed by atoms with E-state index in [4.69, 9.17) is 0 Å². The highest BCUT2D eigenvalue weighted by molar-refractivity contribution is 5.88. The van der Waals surface area contributed by atoms with Crippen molar-refractivity contribution in [2.24, 2.45) is 0 Å². The molecule has 0 amide bonds. The fourth-order valence-corrected chi connectivity index (χ4v) is 4.78. The molecule has 6 nitrogen and oxygen atoms in total. The van der Waals surface area contributed by atoms with E-state index in [0.717, 1.165) is 23.0 Å². The molecule has 0 bridgehead atoms. The number of aryl methyl sites for hydroxylation is 1. The number of hydrogen-bond donors (Lipinski definition) is 0. The van der Waals surface area contributed by atoms with Crippen molar-refractivity contribution >= 4 is 34.4 Å². The highest BCUT2D eigenvalue weighted by atomic mass is 15.4. The largest absolute Gasteiger partial charge is 0.337 e. The van der Waals surface area contributed by atoms with E-state index in [1.165, 1.54) is 22.5 Å². The van der Waals surface area contributed by atoms with E-state index in [9.17, 15) is 0 Å². The van der Waals surface area contributed by atoms with Gasteiger partial charge in [0.1, 0.15) is 12.3 Å². The Balaban J connectivity index is 1.69. The first-order valence-electron chi connectivity index (χ1n) is 10.5. The second-order valence-corrected chi connectivity index (χ2v) is 8.35. The summed E-state index contributed by atoms with van der Waals surface area (Å²) in [5, 5.41) is 0. The standard InChI is InChI=1S/C24H28N6/c1-15-13-21(29-17(3)27(5)23-19(29)9-7-11-25-23)16(2)22(14-15)30-18(4)28(6)24-20(30)10-8-12-26-24/h7-14,17-18H,1-6H3/t17-,18+. The molecule has 4 heterocycles. The summed E-state index contributed by atoms with van der Waals surface area (Å²) < 4.78 is 0. The molecule has 154 valence electrons. The maximum atomic E-state index is 4.63. The van der Waals surface area contributed by atoms with Crippen LogP contribution in [0.3, 0.4) is 0 Å². The van der Waals surface area contributed by atoms with Gasteiger partial charge in [-0.25, -0.2) is 9.97 Å². The second-order valence-electron chi connectivity index (χ2n) is 8.35. The molecule has 0 aliphatic carbocycles. The van der Waals surface area contributed by atoms with Gasteiger partial charge < -0.3 is 19.6 Å². The molecule has 3 aromatic rings. The predicted octanol–water partition coefficient (Wildman–Crippen LogP) is 4.96. The van der Waals surface area contributed by atoms with Crippen molar-refractivity contribution in [1.29, 1.82) is 0 Å². The van der Waals surface area contributed by atoms with Gasteiger partial charge in [-0.15, -0.1) is 0 Å². The third kappa shape index (κ3) is 2.49. The molecule has 2 atom stereocenters. The van der Waals surface area contributed by atoms with Gasteiger partial charge in [-0.3, -0.25) is 0 Å². The summed E-state index contributed by atoms with van der Waals surface area (Å²) in [5.41, 5.74) is 7.26. The highest BCUT2D eigenvalue weighted by Gasteiger charge is 2.37. The number of rotatable bonds is 2. The van der Waals surface area contributed by atoms with Gasteiger partial charge in [0.05, 0.1) is 11.4 Å². The Morgan fingerprint density at radius 2 is 1.13 bits per heavy atom. The average molecular weight is 401 g/mol. The molecule has 0 unspecified atom stereocenters. The summed E-state index contributed by atoms with van der Waals surface area (Å²) >= 11 is 0. The third-order valence-electron chi connectivity index (χ3n) is 6.60. The minimum Gasteiger partial charge on any atom is -0.337 e. The SMILES string of the molecule is Cc1cc(N2c3cccnc3N(C)[C@H]2C)c(C)c(N2c3cccnc3N(C)[C@@H]2C)c1. The minimum absolute atomic E-state index is 0.191. The van der Waals surface area contributed by atoms with Crippen LogP contribution >= 0.6 is 0 Å². The van der Waals surface area contributed by atoms with E-state index in [2.05, 4.69) is 95.6 Å². The molecule has 1 aromatic carbocycles. The van der Waals surface area contributed by atoms with E-state index in [1.54, 1.807) is 0 Å². The van der Waals surface area contributed by atoms with Crippen LogP contribution < -0.4 is 19.6 Å². The number of nitrogens with zero attached hydrogens (tertiary/aromatic N) is 6. The molecule has 0 saturated heterocycles. The molecule has 0 fully saturated rings. The van der Waals surface area contributed by atoms with Crippen molar-refractivity contribution < 1.29 is 0 Å². The molecule has 0 spiro atoms. The van der Waals surface area contributed by atoms with Crippen LogP contribution in [0.2, 0.25) is 0 Å². The maximum absolute atomic E-state index is 4.63. The monoisotopic (exact) mass is 400 g/mol. The summed E-state index contributed by atoms with van der Waals surface area (Å²) in [5.74, 6) is 2.05. The van der Waals surface area contributed by atoms with Crippen LogP contribution in [0.25, 0.3) is 0 Å². The Kier molecular flexibility index (Phi) is 4.13. The lowest BCUT2D eigenvalue weighted by atomic mass is 10.0. The van der Waals surface area contributed by atoms with E-state index >= 15 is 0 Å². The molecule has 0 radical (unpaired) electrons. The first-order chi connectivity index (χ1) is 14.4.